The molecule has 2 N–H and O–H groups in total. The number of amides is 1. The van der Waals surface area contributed by atoms with Crippen LogP contribution in [0.25, 0.3) is 21.8 Å². The number of rotatable bonds is 5. The number of phenols is 1. The van der Waals surface area contributed by atoms with Gasteiger partial charge in [0.25, 0.3) is 0 Å². The van der Waals surface area contributed by atoms with Crippen molar-refractivity contribution in [2.24, 2.45) is 5.10 Å². The number of hydrogen-bond donors (Lipinski definition) is 2. The molecule has 0 aliphatic rings. The summed E-state index contributed by atoms with van der Waals surface area (Å²) in [6.45, 7) is 2.45. The number of imidazole rings is 1. The lowest BCUT2D eigenvalue weighted by atomic mass is 10.0. The van der Waals surface area contributed by atoms with E-state index in [0.29, 0.717) is 12.1 Å². The molecular weight excluding hydrogens is 352 g/mol. The van der Waals surface area contributed by atoms with Crippen molar-refractivity contribution in [1.29, 1.82) is 0 Å². The van der Waals surface area contributed by atoms with Gasteiger partial charge in [0.2, 0.25) is 5.91 Å². The van der Waals surface area contributed by atoms with Crippen LogP contribution in [0.3, 0.4) is 0 Å². The molecule has 0 spiro atoms. The molecule has 1 amide bonds. The summed E-state index contributed by atoms with van der Waals surface area (Å²) in [5.74, 6) is 0.795. The Balaban J connectivity index is 1.44. The van der Waals surface area contributed by atoms with Gasteiger partial charge in [-0.2, -0.15) is 5.10 Å². The first-order valence-corrected chi connectivity index (χ1v) is 9.08. The van der Waals surface area contributed by atoms with E-state index in [4.69, 9.17) is 0 Å². The number of nitrogens with one attached hydrogen (secondary N) is 1. The molecule has 6 heteroatoms. The molecular formula is C22H20N4O2. The monoisotopic (exact) mass is 372 g/mol. The van der Waals surface area contributed by atoms with Crippen LogP contribution in [0.4, 0.5) is 0 Å². The van der Waals surface area contributed by atoms with Crippen LogP contribution in [-0.4, -0.2) is 26.8 Å². The van der Waals surface area contributed by atoms with E-state index < -0.39 is 0 Å². The van der Waals surface area contributed by atoms with Crippen LogP contribution >= 0.6 is 0 Å². The molecule has 140 valence electrons. The molecule has 4 rings (SSSR count). The number of hydrazone groups is 1. The molecule has 4 aromatic rings. The highest BCUT2D eigenvalue weighted by Crippen LogP contribution is 2.25. The second-order valence-electron chi connectivity index (χ2n) is 6.56. The molecule has 1 aromatic heterocycles. The van der Waals surface area contributed by atoms with Gasteiger partial charge >= 0.3 is 0 Å². The minimum absolute atomic E-state index is 0.122. The summed E-state index contributed by atoms with van der Waals surface area (Å²) in [4.78, 5) is 16.7. The molecule has 0 aliphatic carbocycles. The zero-order chi connectivity index (χ0) is 19.5. The average Bonchev–Trinajstić information content (AvgIpc) is 3.03. The van der Waals surface area contributed by atoms with E-state index in [1.807, 2.05) is 66.1 Å². The van der Waals surface area contributed by atoms with E-state index in [-0.39, 0.29) is 18.1 Å². The molecule has 0 saturated carbocycles. The van der Waals surface area contributed by atoms with Gasteiger partial charge < -0.3 is 9.67 Å². The van der Waals surface area contributed by atoms with Gasteiger partial charge in [0.05, 0.1) is 17.2 Å². The number of aryl methyl sites for hydroxylation is 2. The minimum Gasteiger partial charge on any atom is -0.507 e. The highest BCUT2D eigenvalue weighted by Gasteiger charge is 2.09. The van der Waals surface area contributed by atoms with Crippen LogP contribution < -0.4 is 5.43 Å². The van der Waals surface area contributed by atoms with Gasteiger partial charge in [0, 0.05) is 18.5 Å². The number of para-hydroxylation sites is 2. The zero-order valence-electron chi connectivity index (χ0n) is 15.5. The Kier molecular flexibility index (Phi) is 4.76. The second kappa shape index (κ2) is 7.52. The predicted octanol–water partition coefficient (Wildman–Crippen LogP) is 3.74. The molecule has 6 nitrogen and oxygen atoms in total. The first-order valence-electron chi connectivity index (χ1n) is 9.08. The molecule has 0 fully saturated rings. The first kappa shape index (κ1) is 17.7. The van der Waals surface area contributed by atoms with Crippen LogP contribution in [0.1, 0.15) is 17.8 Å². The summed E-state index contributed by atoms with van der Waals surface area (Å²) in [7, 11) is 0. The Labute approximate surface area is 162 Å². The van der Waals surface area contributed by atoms with Crippen LogP contribution in [0.15, 0.2) is 65.8 Å². The highest BCUT2D eigenvalue weighted by molar-refractivity contribution is 6.02. The maximum atomic E-state index is 12.2. The van der Waals surface area contributed by atoms with Gasteiger partial charge in [0.1, 0.15) is 11.6 Å². The normalized spacial score (nSPS) is 11.5. The SMILES string of the molecule is Cc1nc2ccccc2n1CCC(=O)N/N=C/c1c(O)ccc2ccccc12. The molecule has 1 heterocycles. The third-order valence-corrected chi connectivity index (χ3v) is 4.74. The number of fused-ring (bicyclic) bond motifs is 2. The van der Waals surface area contributed by atoms with Gasteiger partial charge in [-0.1, -0.05) is 42.5 Å². The zero-order valence-corrected chi connectivity index (χ0v) is 15.5. The lowest BCUT2D eigenvalue weighted by Gasteiger charge is -2.06. The fourth-order valence-electron chi connectivity index (χ4n) is 3.34. The lowest BCUT2D eigenvalue weighted by Crippen LogP contribution is -2.19. The largest absolute Gasteiger partial charge is 0.507 e. The summed E-state index contributed by atoms with van der Waals surface area (Å²) in [6, 6.07) is 19.0. The maximum Gasteiger partial charge on any atom is 0.241 e. The van der Waals surface area contributed by atoms with E-state index >= 15 is 0 Å². The minimum atomic E-state index is -0.201. The van der Waals surface area contributed by atoms with E-state index in [1.54, 1.807) is 6.07 Å². The fourth-order valence-corrected chi connectivity index (χ4v) is 3.34. The predicted molar refractivity (Wildman–Crippen MR) is 110 cm³/mol. The van der Waals surface area contributed by atoms with Crippen molar-refractivity contribution in [2.75, 3.05) is 0 Å². The number of carbonyl (C=O) groups excluding carboxylic acids is 1. The first-order chi connectivity index (χ1) is 13.6. The summed E-state index contributed by atoms with van der Waals surface area (Å²) in [5, 5.41) is 16.0. The molecule has 0 bridgehead atoms. The maximum absolute atomic E-state index is 12.2. The van der Waals surface area contributed by atoms with Gasteiger partial charge in [-0.25, -0.2) is 10.4 Å². The van der Waals surface area contributed by atoms with Crippen molar-refractivity contribution in [3.05, 3.63) is 72.1 Å². The molecule has 3 aromatic carbocycles. The van der Waals surface area contributed by atoms with Crippen molar-refractivity contribution in [2.45, 2.75) is 19.9 Å². The van der Waals surface area contributed by atoms with Crippen molar-refractivity contribution < 1.29 is 9.90 Å². The number of phenolic OH excluding ortho intramolecular Hbond substituents is 1. The molecule has 0 saturated heterocycles. The van der Waals surface area contributed by atoms with E-state index in [9.17, 15) is 9.90 Å². The van der Waals surface area contributed by atoms with Gasteiger partial charge in [0.15, 0.2) is 0 Å². The van der Waals surface area contributed by atoms with Crippen LogP contribution in [0.2, 0.25) is 0 Å². The molecule has 28 heavy (non-hydrogen) atoms. The van der Waals surface area contributed by atoms with E-state index in [2.05, 4.69) is 15.5 Å². The topological polar surface area (TPSA) is 79.5 Å². The number of carbonyl (C=O) groups is 1. The number of aromatic nitrogens is 2. The van der Waals surface area contributed by atoms with Crippen molar-refractivity contribution in [3.8, 4) is 5.75 Å². The number of benzene rings is 3. The third-order valence-electron chi connectivity index (χ3n) is 4.74. The third kappa shape index (κ3) is 3.44. The summed E-state index contributed by atoms with van der Waals surface area (Å²) in [6.07, 6.45) is 1.76. The Hall–Kier alpha value is -3.67. The molecule has 0 radical (unpaired) electrons. The number of hydrogen-bond acceptors (Lipinski definition) is 4. The summed E-state index contributed by atoms with van der Waals surface area (Å²) >= 11 is 0. The Bertz CT molecular complexity index is 1190. The van der Waals surface area contributed by atoms with E-state index in [1.165, 1.54) is 6.21 Å². The van der Waals surface area contributed by atoms with Gasteiger partial charge in [-0.15, -0.1) is 0 Å². The number of nitrogens with zero attached hydrogens (tertiary/aromatic N) is 3. The smallest absolute Gasteiger partial charge is 0.241 e. The fraction of sp³-hybridized carbons (Fsp3) is 0.136. The Morgan fingerprint density at radius 3 is 2.82 bits per heavy atom. The van der Waals surface area contributed by atoms with Crippen LogP contribution in [0.5, 0.6) is 5.75 Å². The van der Waals surface area contributed by atoms with Crippen molar-refractivity contribution >= 4 is 33.9 Å². The molecule has 0 unspecified atom stereocenters. The van der Waals surface area contributed by atoms with E-state index in [0.717, 1.165) is 27.6 Å². The Morgan fingerprint density at radius 1 is 1.14 bits per heavy atom. The van der Waals surface area contributed by atoms with Gasteiger partial charge in [-0.05, 0) is 35.9 Å². The quantitative estimate of drug-likeness (QED) is 0.414. The van der Waals surface area contributed by atoms with Crippen LogP contribution in [0, 0.1) is 6.92 Å². The van der Waals surface area contributed by atoms with Crippen molar-refractivity contribution in [1.82, 2.24) is 15.0 Å². The van der Waals surface area contributed by atoms with Crippen LogP contribution in [-0.2, 0) is 11.3 Å². The number of aromatic hydroxyl groups is 1. The lowest BCUT2D eigenvalue weighted by molar-refractivity contribution is -0.121. The van der Waals surface area contributed by atoms with Crippen molar-refractivity contribution in [3.63, 3.8) is 0 Å². The summed E-state index contributed by atoms with van der Waals surface area (Å²) < 4.78 is 2.02. The van der Waals surface area contributed by atoms with Gasteiger partial charge in [-0.3, -0.25) is 4.79 Å². The molecule has 0 aliphatic heterocycles. The average molecular weight is 372 g/mol. The summed E-state index contributed by atoms with van der Waals surface area (Å²) in [5.41, 5.74) is 5.05. The second-order valence-corrected chi connectivity index (χ2v) is 6.56. The standard InChI is InChI=1S/C22H20N4O2/c1-15-24-19-8-4-5-9-20(19)26(15)13-12-22(28)25-23-14-18-17-7-3-2-6-16(17)10-11-21(18)27/h2-11,14,27H,12-13H2,1H3,(H,25,28)/b23-14+. The Morgan fingerprint density at radius 2 is 1.93 bits per heavy atom. The molecule has 0 atom stereocenters. The highest BCUT2D eigenvalue weighted by atomic mass is 16.3.